The molecule has 34 heavy (non-hydrogen) atoms. The fourth-order valence-corrected chi connectivity index (χ4v) is 3.62. The number of nitrogens with zero attached hydrogens (tertiary/aromatic N) is 3. The number of carbonyl (C=O) groups is 1. The van der Waals surface area contributed by atoms with Crippen molar-refractivity contribution in [2.45, 2.75) is 33.2 Å². The van der Waals surface area contributed by atoms with Gasteiger partial charge in [0.25, 0.3) is 0 Å². The molecule has 2 aromatic carbocycles. The number of aromatic nitrogens is 3. The minimum absolute atomic E-state index is 0.0518. The summed E-state index contributed by atoms with van der Waals surface area (Å²) >= 11 is 0. The molecule has 1 amide bonds. The van der Waals surface area contributed by atoms with Crippen molar-refractivity contribution in [3.8, 4) is 23.1 Å². The summed E-state index contributed by atoms with van der Waals surface area (Å²) in [5.41, 5.74) is 4.40. The van der Waals surface area contributed by atoms with Gasteiger partial charge in [0.2, 0.25) is 11.8 Å². The smallest absolute Gasteiger partial charge is 0.226 e. The number of nitrogens with one attached hydrogen (secondary N) is 1. The first-order chi connectivity index (χ1) is 16.5. The average molecular weight is 457 g/mol. The monoisotopic (exact) mass is 456 g/mol. The van der Waals surface area contributed by atoms with Gasteiger partial charge >= 0.3 is 0 Å². The molecule has 0 saturated carbocycles. The van der Waals surface area contributed by atoms with E-state index in [0.717, 1.165) is 39.7 Å². The van der Waals surface area contributed by atoms with Crippen LogP contribution >= 0.6 is 0 Å². The predicted molar refractivity (Wildman–Crippen MR) is 131 cm³/mol. The second kappa shape index (κ2) is 10.7. The summed E-state index contributed by atoms with van der Waals surface area (Å²) in [6.45, 7) is 4.34. The summed E-state index contributed by atoms with van der Waals surface area (Å²) in [6, 6.07) is 21.1. The van der Waals surface area contributed by atoms with Gasteiger partial charge in [0, 0.05) is 18.2 Å². The number of pyridine rings is 1. The Kier molecular flexibility index (Phi) is 7.22. The van der Waals surface area contributed by atoms with Gasteiger partial charge in [-0.1, -0.05) is 24.3 Å². The van der Waals surface area contributed by atoms with E-state index in [1.165, 1.54) is 0 Å². The first-order valence-electron chi connectivity index (χ1n) is 11.2. The van der Waals surface area contributed by atoms with Gasteiger partial charge in [-0.2, -0.15) is 5.10 Å². The minimum Gasteiger partial charge on any atom is -0.497 e. The Bertz CT molecular complexity index is 1250. The fourth-order valence-electron chi connectivity index (χ4n) is 3.62. The highest BCUT2D eigenvalue weighted by atomic mass is 16.5. The average Bonchev–Trinajstić information content (AvgIpc) is 3.18. The zero-order chi connectivity index (χ0) is 23.9. The highest BCUT2D eigenvalue weighted by Gasteiger charge is 2.20. The highest BCUT2D eigenvalue weighted by molar-refractivity contribution is 5.76. The van der Waals surface area contributed by atoms with Gasteiger partial charge in [-0.3, -0.25) is 9.78 Å². The van der Waals surface area contributed by atoms with Crippen LogP contribution < -0.4 is 14.8 Å². The number of ether oxygens (including phenoxy) is 2. The number of rotatable bonds is 9. The molecule has 174 valence electrons. The van der Waals surface area contributed by atoms with Crippen molar-refractivity contribution in [2.24, 2.45) is 0 Å². The van der Waals surface area contributed by atoms with Gasteiger partial charge in [-0.25, -0.2) is 4.68 Å². The lowest BCUT2D eigenvalue weighted by molar-refractivity contribution is -0.121. The highest BCUT2D eigenvalue weighted by Crippen LogP contribution is 2.33. The van der Waals surface area contributed by atoms with Gasteiger partial charge in [0.05, 0.1) is 30.7 Å². The number of benzene rings is 2. The summed E-state index contributed by atoms with van der Waals surface area (Å²) in [7, 11) is 1.64. The zero-order valence-electron chi connectivity index (χ0n) is 19.6. The molecule has 0 atom stereocenters. The Morgan fingerprint density at radius 2 is 1.76 bits per heavy atom. The number of amides is 1. The summed E-state index contributed by atoms with van der Waals surface area (Å²) in [5, 5.41) is 7.68. The maximum absolute atomic E-state index is 12.6. The molecule has 7 nitrogen and oxygen atoms in total. The number of hydrogen-bond acceptors (Lipinski definition) is 5. The molecule has 0 saturated heterocycles. The summed E-state index contributed by atoms with van der Waals surface area (Å²) in [4.78, 5) is 16.8. The number of carbonyl (C=O) groups excluding carboxylic acids is 1. The van der Waals surface area contributed by atoms with Crippen molar-refractivity contribution in [1.82, 2.24) is 20.1 Å². The first kappa shape index (κ1) is 23.0. The van der Waals surface area contributed by atoms with Crippen molar-refractivity contribution in [1.29, 1.82) is 0 Å². The van der Waals surface area contributed by atoms with E-state index >= 15 is 0 Å². The van der Waals surface area contributed by atoms with Crippen molar-refractivity contribution >= 4 is 5.91 Å². The molecule has 7 heteroatoms. The predicted octanol–water partition coefficient (Wildman–Crippen LogP) is 4.93. The molecular weight excluding hydrogens is 428 g/mol. The minimum atomic E-state index is -0.0518. The van der Waals surface area contributed by atoms with Gasteiger partial charge < -0.3 is 14.8 Å². The number of aryl methyl sites for hydroxylation is 2. The van der Waals surface area contributed by atoms with Crippen molar-refractivity contribution in [2.75, 3.05) is 7.11 Å². The molecule has 0 aliphatic rings. The number of para-hydroxylation sites is 1. The van der Waals surface area contributed by atoms with Crippen LogP contribution in [-0.4, -0.2) is 27.8 Å². The van der Waals surface area contributed by atoms with Crippen LogP contribution in [0.5, 0.6) is 17.4 Å². The Balaban J connectivity index is 1.58. The zero-order valence-corrected chi connectivity index (χ0v) is 19.6. The Morgan fingerprint density at radius 1 is 1.00 bits per heavy atom. The van der Waals surface area contributed by atoms with Crippen molar-refractivity contribution in [3.05, 3.63) is 95.4 Å². The number of methoxy groups -OCH3 is 1. The van der Waals surface area contributed by atoms with E-state index in [1.807, 2.05) is 80.6 Å². The largest absolute Gasteiger partial charge is 0.497 e. The normalized spacial score (nSPS) is 10.7. The van der Waals surface area contributed by atoms with E-state index < -0.39 is 0 Å². The van der Waals surface area contributed by atoms with Crippen LogP contribution in [0.25, 0.3) is 5.69 Å². The Hall–Kier alpha value is -4.13. The number of hydrogen-bond donors (Lipinski definition) is 1. The van der Waals surface area contributed by atoms with Crippen LogP contribution in [0.2, 0.25) is 0 Å². The third kappa shape index (κ3) is 5.43. The third-order valence-electron chi connectivity index (χ3n) is 5.55. The van der Waals surface area contributed by atoms with Crippen LogP contribution in [-0.2, 0) is 17.8 Å². The molecule has 0 fully saturated rings. The lowest BCUT2D eigenvalue weighted by Crippen LogP contribution is -2.23. The molecule has 0 spiro atoms. The second-order valence-electron chi connectivity index (χ2n) is 7.94. The van der Waals surface area contributed by atoms with E-state index in [9.17, 15) is 4.79 Å². The molecule has 2 aromatic heterocycles. The second-order valence-corrected chi connectivity index (χ2v) is 7.94. The van der Waals surface area contributed by atoms with Crippen molar-refractivity contribution < 1.29 is 14.3 Å². The SMILES string of the molecule is COc1ccc(-n2nc(C)c(CCC(=O)NCc3ccccn3)c2Oc2ccccc2C)cc1. The van der Waals surface area contributed by atoms with E-state index in [4.69, 9.17) is 14.6 Å². The summed E-state index contributed by atoms with van der Waals surface area (Å²) < 4.78 is 13.5. The maximum Gasteiger partial charge on any atom is 0.226 e. The maximum atomic E-state index is 12.6. The lowest BCUT2D eigenvalue weighted by Gasteiger charge is -2.13. The summed E-state index contributed by atoms with van der Waals surface area (Å²) in [6.07, 6.45) is 2.52. The molecule has 0 aliphatic heterocycles. The topological polar surface area (TPSA) is 78.3 Å². The van der Waals surface area contributed by atoms with E-state index in [1.54, 1.807) is 18.0 Å². The van der Waals surface area contributed by atoms with Crippen LogP contribution in [0.3, 0.4) is 0 Å². The fraction of sp³-hybridized carbons (Fsp3) is 0.222. The Morgan fingerprint density at radius 3 is 2.47 bits per heavy atom. The van der Waals surface area contributed by atoms with Crippen LogP contribution in [0.15, 0.2) is 72.9 Å². The van der Waals surface area contributed by atoms with Gasteiger partial charge in [0.1, 0.15) is 11.5 Å². The van der Waals surface area contributed by atoms with E-state index in [-0.39, 0.29) is 5.91 Å². The van der Waals surface area contributed by atoms with E-state index in [0.29, 0.717) is 25.3 Å². The molecule has 0 aliphatic carbocycles. The van der Waals surface area contributed by atoms with Crippen LogP contribution in [0, 0.1) is 13.8 Å². The third-order valence-corrected chi connectivity index (χ3v) is 5.55. The molecule has 0 radical (unpaired) electrons. The van der Waals surface area contributed by atoms with Gasteiger partial charge in [-0.15, -0.1) is 0 Å². The standard InChI is InChI=1S/C27H28N4O3/c1-19-8-4-5-10-25(19)34-27-24(15-16-26(32)29-18-21-9-6-7-17-28-21)20(2)30-31(27)22-11-13-23(33-3)14-12-22/h4-14,17H,15-16,18H2,1-3H3,(H,29,32). The van der Waals surface area contributed by atoms with Crippen LogP contribution in [0.1, 0.15) is 28.9 Å². The molecule has 4 aromatic rings. The molecule has 0 unspecified atom stereocenters. The molecular formula is C27H28N4O3. The molecule has 4 rings (SSSR count). The molecule has 2 heterocycles. The van der Waals surface area contributed by atoms with Gasteiger partial charge in [0.15, 0.2) is 0 Å². The quantitative estimate of drug-likeness (QED) is 0.386. The van der Waals surface area contributed by atoms with Gasteiger partial charge in [-0.05, 0) is 68.3 Å². The Labute approximate surface area is 199 Å². The molecule has 0 bridgehead atoms. The molecule has 1 N–H and O–H groups in total. The summed E-state index contributed by atoms with van der Waals surface area (Å²) in [5.74, 6) is 2.07. The van der Waals surface area contributed by atoms with Crippen molar-refractivity contribution in [3.63, 3.8) is 0 Å². The van der Waals surface area contributed by atoms with E-state index in [2.05, 4.69) is 10.3 Å². The first-order valence-corrected chi connectivity index (χ1v) is 11.2. The van der Waals surface area contributed by atoms with Crippen LogP contribution in [0.4, 0.5) is 0 Å². The lowest BCUT2D eigenvalue weighted by atomic mass is 10.1.